The van der Waals surface area contributed by atoms with E-state index < -0.39 is 28.7 Å². The predicted molar refractivity (Wildman–Crippen MR) is 123 cm³/mol. The van der Waals surface area contributed by atoms with E-state index in [4.69, 9.17) is 23.2 Å². The van der Waals surface area contributed by atoms with Crippen LogP contribution in [0.25, 0.3) is 21.8 Å². The average Bonchev–Trinajstić information content (AvgIpc) is 2.78. The second-order valence-electron chi connectivity index (χ2n) is 7.59. The van der Waals surface area contributed by atoms with Gasteiger partial charge in [0.15, 0.2) is 0 Å². The molecule has 2 N–H and O–H groups in total. The molecule has 1 saturated heterocycles. The molecular formula is C23H16Cl2N4O3. The van der Waals surface area contributed by atoms with Crippen molar-refractivity contribution in [2.45, 2.75) is 18.3 Å². The standard InChI is InChI=1S/C23H16Cl2N4O3/c1-11-9-16(24)27-15-8-7-13-19(17(11)15)26-10-14(21(13)30)22(31)28-29-20(18(25)23(29)32)12-5-3-2-4-6-12/h2-10,18,20,27H,1H3,(H,28,31). The summed E-state index contributed by atoms with van der Waals surface area (Å²) >= 11 is 12.3. The third-order valence-electron chi connectivity index (χ3n) is 5.62. The summed E-state index contributed by atoms with van der Waals surface area (Å²) in [6.45, 7) is 1.87. The summed E-state index contributed by atoms with van der Waals surface area (Å²) in [5.41, 5.74) is 4.72. The fraction of sp³-hybridized carbons (Fsp3) is 0.130. The molecule has 0 spiro atoms. The molecule has 0 bridgehead atoms. The molecule has 2 amide bonds. The lowest BCUT2D eigenvalue weighted by atomic mass is 9.95. The summed E-state index contributed by atoms with van der Waals surface area (Å²) in [7, 11) is 0. The molecule has 2 aromatic heterocycles. The van der Waals surface area contributed by atoms with Crippen LogP contribution in [-0.2, 0) is 4.79 Å². The van der Waals surface area contributed by atoms with Crippen molar-refractivity contribution >= 4 is 56.8 Å². The van der Waals surface area contributed by atoms with Crippen LogP contribution in [0.1, 0.15) is 27.5 Å². The zero-order chi connectivity index (χ0) is 22.6. The number of β-lactam (4-membered cyclic amide) rings is 1. The lowest BCUT2D eigenvalue weighted by molar-refractivity contribution is -0.149. The second kappa shape index (κ2) is 7.62. The first kappa shape index (κ1) is 20.5. The summed E-state index contributed by atoms with van der Waals surface area (Å²) in [5.74, 6) is -1.16. The van der Waals surface area contributed by atoms with Crippen molar-refractivity contribution in [1.29, 1.82) is 0 Å². The molecule has 1 fully saturated rings. The maximum Gasteiger partial charge on any atom is 0.275 e. The molecule has 1 aliphatic rings. The zero-order valence-electron chi connectivity index (χ0n) is 16.7. The number of amides is 2. The summed E-state index contributed by atoms with van der Waals surface area (Å²) in [6.07, 6.45) is 1.23. The Kier molecular flexibility index (Phi) is 4.87. The predicted octanol–water partition coefficient (Wildman–Crippen LogP) is 3.87. The van der Waals surface area contributed by atoms with E-state index in [1.807, 2.05) is 37.3 Å². The minimum absolute atomic E-state index is 0.162. The number of aromatic amines is 1. The quantitative estimate of drug-likeness (QED) is 0.207. The number of hydrogen-bond acceptors (Lipinski definition) is 4. The van der Waals surface area contributed by atoms with Crippen LogP contribution >= 0.6 is 23.2 Å². The second-order valence-corrected chi connectivity index (χ2v) is 8.47. The first-order valence-corrected chi connectivity index (χ1v) is 10.6. The first-order chi connectivity index (χ1) is 15.4. The van der Waals surface area contributed by atoms with Gasteiger partial charge in [-0.1, -0.05) is 41.9 Å². The Labute approximate surface area is 191 Å². The van der Waals surface area contributed by atoms with Crippen LogP contribution in [0.15, 0.2) is 59.5 Å². The molecule has 32 heavy (non-hydrogen) atoms. The number of nitrogens with one attached hydrogen (secondary N) is 2. The maximum atomic E-state index is 13.1. The molecule has 2 aromatic carbocycles. The number of aryl methyl sites for hydroxylation is 1. The number of halogens is 2. The van der Waals surface area contributed by atoms with E-state index >= 15 is 0 Å². The number of H-pyrrole nitrogens is 1. The summed E-state index contributed by atoms with van der Waals surface area (Å²) in [4.78, 5) is 45.7. The minimum atomic E-state index is -0.795. The molecule has 160 valence electrons. The lowest BCUT2D eigenvalue weighted by Crippen LogP contribution is -2.63. The first-order valence-electron chi connectivity index (χ1n) is 9.80. The number of nitrogens with zero attached hydrogens (tertiary/aromatic N) is 2. The molecule has 0 saturated carbocycles. The molecule has 2 atom stereocenters. The number of aromatic nitrogens is 2. The molecule has 7 nitrogen and oxygen atoms in total. The Balaban J connectivity index is 1.51. The Morgan fingerprint density at radius 2 is 1.91 bits per heavy atom. The van der Waals surface area contributed by atoms with E-state index in [-0.39, 0.29) is 5.56 Å². The third-order valence-corrected chi connectivity index (χ3v) is 6.25. The van der Waals surface area contributed by atoms with Gasteiger partial charge in [-0.2, -0.15) is 0 Å². The van der Waals surface area contributed by atoms with E-state index in [0.29, 0.717) is 16.1 Å². The number of carbonyl (C=O) groups is 2. The average molecular weight is 467 g/mol. The Bertz CT molecular complexity index is 1470. The van der Waals surface area contributed by atoms with Crippen molar-refractivity contribution in [3.63, 3.8) is 0 Å². The highest BCUT2D eigenvalue weighted by Crippen LogP contribution is 2.37. The van der Waals surface area contributed by atoms with Crippen LogP contribution < -0.4 is 10.9 Å². The number of pyridine rings is 2. The third kappa shape index (κ3) is 3.13. The molecule has 9 heteroatoms. The van der Waals surface area contributed by atoms with Gasteiger partial charge in [0, 0.05) is 22.5 Å². The summed E-state index contributed by atoms with van der Waals surface area (Å²) in [5, 5.41) is 1.88. The molecule has 5 rings (SSSR count). The number of alkyl halides is 1. The highest BCUT2D eigenvalue weighted by atomic mass is 35.5. The van der Waals surface area contributed by atoms with Gasteiger partial charge in [0.1, 0.15) is 22.1 Å². The minimum Gasteiger partial charge on any atom is -0.346 e. The van der Waals surface area contributed by atoms with Crippen molar-refractivity contribution in [1.82, 2.24) is 20.4 Å². The number of fused-ring (bicyclic) bond motifs is 3. The molecule has 2 unspecified atom stereocenters. The van der Waals surface area contributed by atoms with Crippen molar-refractivity contribution in [3.8, 4) is 0 Å². The number of carbonyl (C=O) groups excluding carboxylic acids is 2. The monoisotopic (exact) mass is 466 g/mol. The van der Waals surface area contributed by atoms with Crippen LogP contribution in [-0.4, -0.2) is 32.2 Å². The maximum absolute atomic E-state index is 13.1. The highest BCUT2D eigenvalue weighted by Gasteiger charge is 2.48. The van der Waals surface area contributed by atoms with Crippen LogP contribution in [0.3, 0.4) is 0 Å². The molecule has 0 aliphatic carbocycles. The van der Waals surface area contributed by atoms with Crippen LogP contribution in [0.4, 0.5) is 0 Å². The number of hydrazine groups is 1. The van der Waals surface area contributed by atoms with Gasteiger partial charge in [-0.3, -0.25) is 24.8 Å². The summed E-state index contributed by atoms with van der Waals surface area (Å²) in [6, 6.07) is 13.7. The summed E-state index contributed by atoms with van der Waals surface area (Å²) < 4.78 is 0. The normalized spacial score (nSPS) is 18.1. The topological polar surface area (TPSA) is 95.2 Å². The largest absolute Gasteiger partial charge is 0.346 e. The van der Waals surface area contributed by atoms with Gasteiger partial charge in [0.2, 0.25) is 5.43 Å². The van der Waals surface area contributed by atoms with Gasteiger partial charge in [-0.15, -0.1) is 11.6 Å². The Morgan fingerprint density at radius 3 is 2.66 bits per heavy atom. The van der Waals surface area contributed by atoms with Crippen molar-refractivity contribution < 1.29 is 9.59 Å². The van der Waals surface area contributed by atoms with Gasteiger partial charge in [-0.05, 0) is 36.2 Å². The number of rotatable bonds is 3. The number of benzene rings is 2. The van der Waals surface area contributed by atoms with Crippen molar-refractivity contribution in [2.24, 2.45) is 0 Å². The molecular weight excluding hydrogens is 451 g/mol. The number of hydrogen-bond donors (Lipinski definition) is 2. The van der Waals surface area contributed by atoms with E-state index in [1.54, 1.807) is 18.2 Å². The van der Waals surface area contributed by atoms with E-state index in [9.17, 15) is 14.4 Å². The molecule has 1 aliphatic heterocycles. The van der Waals surface area contributed by atoms with E-state index in [1.165, 1.54) is 6.20 Å². The fourth-order valence-electron chi connectivity index (χ4n) is 4.05. The van der Waals surface area contributed by atoms with E-state index in [2.05, 4.69) is 15.4 Å². The van der Waals surface area contributed by atoms with E-state index in [0.717, 1.165) is 27.0 Å². The van der Waals surface area contributed by atoms with Gasteiger partial charge >= 0.3 is 0 Å². The fourth-order valence-corrected chi connectivity index (χ4v) is 4.68. The molecule has 3 heterocycles. The van der Waals surface area contributed by atoms with Gasteiger partial charge < -0.3 is 4.98 Å². The Morgan fingerprint density at radius 1 is 1.16 bits per heavy atom. The molecule has 4 aromatic rings. The molecule has 0 radical (unpaired) electrons. The van der Waals surface area contributed by atoms with Gasteiger partial charge in [0.05, 0.1) is 5.52 Å². The van der Waals surface area contributed by atoms with Crippen LogP contribution in [0, 0.1) is 6.92 Å². The smallest absolute Gasteiger partial charge is 0.275 e. The lowest BCUT2D eigenvalue weighted by Gasteiger charge is -2.43. The SMILES string of the molecule is Cc1cc(Cl)[nH]c2ccc3c(=O)c(C(=O)NN4C(=O)C(Cl)C4c4ccccc4)cnc3c12. The van der Waals surface area contributed by atoms with Gasteiger partial charge in [-0.25, -0.2) is 5.01 Å². The van der Waals surface area contributed by atoms with Crippen LogP contribution in [0.5, 0.6) is 0 Å². The highest BCUT2D eigenvalue weighted by molar-refractivity contribution is 6.33. The van der Waals surface area contributed by atoms with Crippen LogP contribution in [0.2, 0.25) is 5.15 Å². The zero-order valence-corrected chi connectivity index (χ0v) is 18.2. The van der Waals surface area contributed by atoms with Gasteiger partial charge in [0.25, 0.3) is 11.8 Å². The Hall–Kier alpha value is -3.42. The van der Waals surface area contributed by atoms with Crippen molar-refractivity contribution in [3.05, 3.63) is 86.8 Å². The van der Waals surface area contributed by atoms with Crippen molar-refractivity contribution in [2.75, 3.05) is 0 Å².